The molecule has 4 rings (SSSR count). The molecule has 18 nitrogen and oxygen atoms in total. The average Bonchev–Trinajstić information content (AvgIpc) is 3.37. The van der Waals surface area contributed by atoms with Crippen molar-refractivity contribution in [2.24, 2.45) is 35.5 Å². The van der Waals surface area contributed by atoms with E-state index in [0.717, 1.165) is 10.5 Å². The number of cyclic esters (lactones) is 1. The van der Waals surface area contributed by atoms with E-state index < -0.39 is 121 Å². The van der Waals surface area contributed by atoms with E-state index in [1.54, 1.807) is 48.0 Å². The van der Waals surface area contributed by atoms with Crippen LogP contribution in [0.25, 0.3) is 0 Å². The van der Waals surface area contributed by atoms with Crippen LogP contribution in [0.4, 0.5) is 4.79 Å². The van der Waals surface area contributed by atoms with E-state index in [2.05, 4.69) is 0 Å². The predicted molar refractivity (Wildman–Crippen MR) is 268 cm³/mol. The molecule has 3 heterocycles. The number of Topliss-reactive ketones (excluding diaryl/α,β-unsaturated/α-hetero) is 3. The van der Waals surface area contributed by atoms with Crippen molar-refractivity contribution >= 4 is 35.4 Å². The van der Waals surface area contributed by atoms with Gasteiger partial charge in [-0.2, -0.15) is 0 Å². The number of ether oxygens (including phenoxy) is 7. The molecule has 1 amide bonds. The van der Waals surface area contributed by atoms with E-state index in [4.69, 9.17) is 33.2 Å². The molecule has 18 heteroatoms. The van der Waals surface area contributed by atoms with Crippen LogP contribution < -0.4 is 0 Å². The highest BCUT2D eigenvalue weighted by molar-refractivity contribution is 6.39. The number of carbonyl (C=O) groups is 6. The van der Waals surface area contributed by atoms with Crippen molar-refractivity contribution in [2.75, 3.05) is 41.1 Å². The predicted octanol–water partition coefficient (Wildman–Crippen LogP) is 5.69. The normalized spacial score (nSPS) is 37.6. The first-order valence-electron chi connectivity index (χ1n) is 26.2. The third kappa shape index (κ3) is 17.2. The van der Waals surface area contributed by atoms with Gasteiger partial charge in [0.15, 0.2) is 18.0 Å². The van der Waals surface area contributed by atoms with Crippen LogP contribution in [0.2, 0.25) is 0 Å². The van der Waals surface area contributed by atoms with Gasteiger partial charge in [0.1, 0.15) is 30.6 Å². The molecule has 3 aliphatic heterocycles. The zero-order valence-corrected chi connectivity index (χ0v) is 44.8. The first-order valence-corrected chi connectivity index (χ1v) is 26.2. The van der Waals surface area contributed by atoms with Crippen LogP contribution in [0, 0.1) is 35.5 Å². The second-order valence-corrected chi connectivity index (χ2v) is 21.1. The Kier molecular flexibility index (Phi) is 24.6. The maximum atomic E-state index is 14.5. The number of fused-ring (bicyclic) bond motifs is 3. The van der Waals surface area contributed by atoms with Crippen molar-refractivity contribution < 1.29 is 82.4 Å². The molecule has 0 aromatic carbocycles. The number of hydrogen-bond donors (Lipinski definition) is 4. The van der Waals surface area contributed by atoms with Gasteiger partial charge in [0, 0.05) is 58.5 Å². The minimum absolute atomic E-state index is 0.0429. The number of aliphatic hydroxyl groups excluding tert-OH is 3. The molecule has 0 aromatic rings. The zero-order valence-electron chi connectivity index (χ0n) is 44.8. The van der Waals surface area contributed by atoms with Gasteiger partial charge in [-0.25, -0.2) is 9.59 Å². The van der Waals surface area contributed by atoms with Gasteiger partial charge in [0.2, 0.25) is 5.79 Å². The van der Waals surface area contributed by atoms with Crippen molar-refractivity contribution in [2.45, 2.75) is 186 Å². The lowest BCUT2D eigenvalue weighted by molar-refractivity contribution is -0.265. The first kappa shape index (κ1) is 61.4. The lowest BCUT2D eigenvalue weighted by Crippen LogP contribution is -2.61. The third-order valence-corrected chi connectivity index (χ3v) is 15.3. The Morgan fingerprint density at radius 3 is 2.27 bits per heavy atom. The van der Waals surface area contributed by atoms with Gasteiger partial charge in [-0.05, 0) is 107 Å². The summed E-state index contributed by atoms with van der Waals surface area (Å²) in [6, 6.07) is -1.20. The van der Waals surface area contributed by atoms with Gasteiger partial charge in [-0.3, -0.25) is 19.2 Å². The number of hydrogen-bond acceptors (Lipinski definition) is 17. The molecule has 4 N–H and O–H groups in total. The number of methoxy groups -OCH3 is 3. The number of allylic oxidation sites excluding steroid dienone is 6. The molecule has 0 radical (unpaired) electrons. The largest absolute Gasteiger partial charge is 0.509 e. The maximum absolute atomic E-state index is 14.5. The highest BCUT2D eigenvalue weighted by Gasteiger charge is 2.53. The minimum Gasteiger partial charge on any atom is -0.460 e. The Morgan fingerprint density at radius 2 is 1.60 bits per heavy atom. The molecule has 412 valence electrons. The SMILES string of the molecule is CO[C@H]1CC2CC[C@@H](C)[C@@](O)(O2)C(=O)C(=O)N2CCCCC2C(=O)O[C@H]([C@H](C)C[C@@H]2CC[C@@H](O)[C@H](OC)C2)CC(=O)[C@H](C)/C=C(\C)[C@@H](OC(=O)OCC(O)CO)[C@@H](OC)C(=O)[C@H](C)C[C@H](C)/C=C/C=C/C=C/1C. The Hall–Kier alpha value is -4.14. The molecule has 4 aliphatic rings. The summed E-state index contributed by atoms with van der Waals surface area (Å²) in [7, 11) is 4.40. The Bertz CT molecular complexity index is 1980. The maximum Gasteiger partial charge on any atom is 0.509 e. The first-order chi connectivity index (χ1) is 34.6. The molecule has 0 aromatic heterocycles. The van der Waals surface area contributed by atoms with Crippen LogP contribution in [0.1, 0.15) is 126 Å². The lowest BCUT2D eigenvalue weighted by Gasteiger charge is -2.42. The fraction of sp³-hybridized carbons (Fsp3) is 0.745. The monoisotopic (exact) mass is 1030 g/mol. The summed E-state index contributed by atoms with van der Waals surface area (Å²) in [4.78, 5) is 86.1. The Balaban J connectivity index is 1.77. The van der Waals surface area contributed by atoms with Gasteiger partial charge < -0.3 is 58.5 Å². The second-order valence-electron chi connectivity index (χ2n) is 21.1. The fourth-order valence-corrected chi connectivity index (χ4v) is 10.6. The summed E-state index contributed by atoms with van der Waals surface area (Å²) in [5.74, 6) is -8.98. The number of aliphatic hydroxyl groups is 4. The second kappa shape index (κ2) is 29.2. The van der Waals surface area contributed by atoms with Crippen molar-refractivity contribution in [1.29, 1.82) is 0 Å². The summed E-state index contributed by atoms with van der Waals surface area (Å²) in [6.07, 6.45) is 7.05. The fourth-order valence-electron chi connectivity index (χ4n) is 10.6. The number of ketones is 3. The number of esters is 1. The zero-order chi connectivity index (χ0) is 54.2. The third-order valence-electron chi connectivity index (χ3n) is 15.3. The molecular weight excluding hydrogens is 947 g/mol. The molecule has 3 fully saturated rings. The number of rotatable bonds is 10. The smallest absolute Gasteiger partial charge is 0.460 e. The summed E-state index contributed by atoms with van der Waals surface area (Å²) in [5.41, 5.74) is 1.11. The minimum atomic E-state index is -2.47. The number of carbonyl (C=O) groups excluding carboxylic acids is 6. The summed E-state index contributed by atoms with van der Waals surface area (Å²) >= 11 is 0. The van der Waals surface area contributed by atoms with Crippen LogP contribution in [0.3, 0.4) is 0 Å². The number of piperidine rings is 1. The van der Waals surface area contributed by atoms with Crippen LogP contribution >= 0.6 is 0 Å². The topological polar surface area (TPSA) is 251 Å². The number of amides is 1. The van der Waals surface area contributed by atoms with Gasteiger partial charge in [-0.1, -0.05) is 71.1 Å². The van der Waals surface area contributed by atoms with Gasteiger partial charge in [0.25, 0.3) is 11.7 Å². The average molecular weight is 1030 g/mol. The summed E-state index contributed by atoms with van der Waals surface area (Å²) in [5, 5.41) is 41.7. The van der Waals surface area contributed by atoms with E-state index >= 15 is 0 Å². The quantitative estimate of drug-likeness (QED) is 0.116. The summed E-state index contributed by atoms with van der Waals surface area (Å²) < 4.78 is 40.4. The molecule has 16 atom stereocenters. The van der Waals surface area contributed by atoms with E-state index in [-0.39, 0.29) is 54.8 Å². The highest BCUT2D eigenvalue weighted by Crippen LogP contribution is 2.38. The molecule has 2 bridgehead atoms. The van der Waals surface area contributed by atoms with Gasteiger partial charge in [-0.15, -0.1) is 0 Å². The molecule has 3 unspecified atom stereocenters. The van der Waals surface area contributed by atoms with Crippen LogP contribution in [-0.2, 0) is 57.1 Å². The van der Waals surface area contributed by atoms with E-state index in [0.29, 0.717) is 57.8 Å². The van der Waals surface area contributed by atoms with Crippen molar-refractivity contribution in [3.8, 4) is 0 Å². The van der Waals surface area contributed by atoms with E-state index in [9.17, 15) is 49.2 Å². The standard InChI is InChI=1S/C55H85NO17/c1-32-16-12-11-13-17-33(2)45(67-8)28-41-21-19-38(7)55(66,73-41)51(62)52(63)56-23-15-14-18-42(56)53(64)71-46(35(4)26-39-20-22-43(59)47(27-39)68-9)29-44(60)34(3)25-37(6)49(50(69-10)48(61)36(5)24-32)72-54(65)70-31-40(58)30-57/h11-13,16-17,25,32,34-36,38-43,45-47,49-50,57-59,66H,14-15,18-24,26-31H2,1-10H3/b13-11+,16-12+,33-17+,37-25+/t32-,34-,35-,36-,38-,39+,40?,41?,42?,43-,45+,46+,47-,49-,50+,55-/m1/s1. The number of nitrogens with zero attached hydrogens (tertiary/aromatic N) is 1. The molecule has 1 aliphatic carbocycles. The van der Waals surface area contributed by atoms with E-state index in [1.807, 2.05) is 51.2 Å². The highest BCUT2D eigenvalue weighted by atomic mass is 16.7. The van der Waals surface area contributed by atoms with E-state index in [1.165, 1.54) is 7.11 Å². The van der Waals surface area contributed by atoms with Crippen molar-refractivity contribution in [1.82, 2.24) is 4.90 Å². The lowest BCUT2D eigenvalue weighted by atomic mass is 9.78. The van der Waals surface area contributed by atoms with Gasteiger partial charge in [0.05, 0.1) is 31.0 Å². The summed E-state index contributed by atoms with van der Waals surface area (Å²) in [6.45, 7) is 11.1. The van der Waals surface area contributed by atoms with Crippen molar-refractivity contribution in [3.63, 3.8) is 0 Å². The van der Waals surface area contributed by atoms with Crippen molar-refractivity contribution in [3.05, 3.63) is 47.6 Å². The van der Waals surface area contributed by atoms with Gasteiger partial charge >= 0.3 is 12.1 Å². The Labute approximate surface area is 431 Å². The molecule has 1 saturated carbocycles. The molecular formula is C55H85NO17. The van der Waals surface area contributed by atoms with Crippen LogP contribution in [0.15, 0.2) is 47.6 Å². The van der Waals surface area contributed by atoms with Crippen LogP contribution in [0.5, 0.6) is 0 Å². The molecule has 73 heavy (non-hydrogen) atoms. The van der Waals surface area contributed by atoms with Crippen LogP contribution in [-0.4, -0.2) is 162 Å². The molecule has 0 spiro atoms. The Morgan fingerprint density at radius 1 is 0.877 bits per heavy atom. The molecule has 2 saturated heterocycles.